The minimum atomic E-state index is -0.161. The highest BCUT2D eigenvalue weighted by atomic mass is 32.1. The zero-order valence-corrected chi connectivity index (χ0v) is 12.5. The van der Waals surface area contributed by atoms with Gasteiger partial charge in [0.25, 0.3) is 0 Å². The summed E-state index contributed by atoms with van der Waals surface area (Å²) in [6, 6.07) is 0. The molecule has 0 aromatic carbocycles. The van der Waals surface area contributed by atoms with E-state index in [-0.39, 0.29) is 11.9 Å². The number of ether oxygens (including phenoxy) is 2. The number of esters is 1. The number of hydrogen-bond acceptors (Lipinski definition) is 6. The molecule has 0 radical (unpaired) electrons. The average Bonchev–Trinajstić information content (AvgIpc) is 3.13. The lowest BCUT2D eigenvalue weighted by molar-refractivity contribution is -0.145. The molecule has 1 N–H and O–H groups in total. The summed E-state index contributed by atoms with van der Waals surface area (Å²) in [6.45, 7) is 4.87. The molecule has 1 aromatic rings. The van der Waals surface area contributed by atoms with Gasteiger partial charge in [-0.15, -0.1) is 11.3 Å². The second-order valence-electron chi connectivity index (χ2n) is 5.28. The second kappa shape index (κ2) is 6.10. The summed E-state index contributed by atoms with van der Waals surface area (Å²) in [5, 5.41) is 4.31. The van der Waals surface area contributed by atoms with E-state index in [1.54, 1.807) is 11.3 Å². The molecule has 1 aliphatic carbocycles. The fourth-order valence-electron chi connectivity index (χ4n) is 2.75. The summed E-state index contributed by atoms with van der Waals surface area (Å²) in [5.41, 5.74) is 0.929. The van der Waals surface area contributed by atoms with Gasteiger partial charge in [-0.1, -0.05) is 0 Å². The van der Waals surface area contributed by atoms with Gasteiger partial charge in [-0.2, -0.15) is 0 Å². The number of aromatic nitrogens is 1. The van der Waals surface area contributed by atoms with Crippen molar-refractivity contribution in [1.29, 1.82) is 0 Å². The van der Waals surface area contributed by atoms with Crippen LogP contribution in [-0.2, 0) is 20.7 Å². The Kier molecular flexibility index (Phi) is 4.21. The molecule has 1 fully saturated rings. The third-order valence-corrected chi connectivity index (χ3v) is 4.94. The summed E-state index contributed by atoms with van der Waals surface area (Å²) in [4.78, 5) is 17.7. The summed E-state index contributed by atoms with van der Waals surface area (Å²) < 4.78 is 10.5. The van der Waals surface area contributed by atoms with Crippen LogP contribution in [0.2, 0.25) is 0 Å². The van der Waals surface area contributed by atoms with Crippen molar-refractivity contribution in [2.75, 3.05) is 31.7 Å². The molecule has 1 aliphatic heterocycles. The SMILES string of the molecule is CCOC(=O)C1CCc2sc(NCC3CCOC3)nc21. The number of fused-ring (bicyclic) bond motifs is 1. The average molecular weight is 296 g/mol. The van der Waals surface area contributed by atoms with E-state index in [0.717, 1.165) is 49.8 Å². The Morgan fingerprint density at radius 2 is 2.45 bits per heavy atom. The van der Waals surface area contributed by atoms with Gasteiger partial charge in [0.1, 0.15) is 5.92 Å². The van der Waals surface area contributed by atoms with E-state index in [2.05, 4.69) is 10.3 Å². The largest absolute Gasteiger partial charge is 0.465 e. The Balaban J connectivity index is 1.62. The van der Waals surface area contributed by atoms with Crippen LogP contribution >= 0.6 is 11.3 Å². The van der Waals surface area contributed by atoms with Crippen molar-refractivity contribution >= 4 is 22.4 Å². The first-order chi connectivity index (χ1) is 9.78. The molecular formula is C14H20N2O3S. The molecule has 0 amide bonds. The molecule has 0 bridgehead atoms. The topological polar surface area (TPSA) is 60.5 Å². The number of aryl methyl sites for hydroxylation is 1. The molecule has 6 heteroatoms. The Bertz CT molecular complexity index is 483. The first-order valence-corrected chi connectivity index (χ1v) is 8.07. The minimum Gasteiger partial charge on any atom is -0.465 e. The number of carbonyl (C=O) groups is 1. The van der Waals surface area contributed by atoms with Crippen molar-refractivity contribution in [1.82, 2.24) is 4.98 Å². The standard InChI is InChI=1S/C14H20N2O3S/c1-2-19-13(17)10-3-4-11-12(10)16-14(20-11)15-7-9-5-6-18-8-9/h9-10H,2-8H2,1H3,(H,15,16). The fourth-order valence-corrected chi connectivity index (χ4v) is 3.80. The van der Waals surface area contributed by atoms with Gasteiger partial charge in [0.15, 0.2) is 5.13 Å². The molecule has 2 aliphatic rings. The van der Waals surface area contributed by atoms with E-state index < -0.39 is 0 Å². The number of anilines is 1. The molecular weight excluding hydrogens is 276 g/mol. The third kappa shape index (κ3) is 2.81. The summed E-state index contributed by atoms with van der Waals surface area (Å²) in [6.07, 6.45) is 2.89. The number of hydrogen-bond donors (Lipinski definition) is 1. The fraction of sp³-hybridized carbons (Fsp3) is 0.714. The Labute approximate surface area is 122 Å². The third-order valence-electron chi connectivity index (χ3n) is 3.85. The van der Waals surface area contributed by atoms with Crippen LogP contribution in [0.4, 0.5) is 5.13 Å². The van der Waals surface area contributed by atoms with Gasteiger partial charge in [0, 0.05) is 23.9 Å². The predicted molar refractivity (Wildman–Crippen MR) is 77.2 cm³/mol. The van der Waals surface area contributed by atoms with Gasteiger partial charge >= 0.3 is 5.97 Å². The van der Waals surface area contributed by atoms with Gasteiger partial charge in [0.05, 0.1) is 18.9 Å². The van der Waals surface area contributed by atoms with Crippen LogP contribution in [0.15, 0.2) is 0 Å². The van der Waals surface area contributed by atoms with Crippen molar-refractivity contribution < 1.29 is 14.3 Å². The molecule has 110 valence electrons. The zero-order chi connectivity index (χ0) is 13.9. The van der Waals surface area contributed by atoms with E-state index in [1.165, 1.54) is 4.88 Å². The lowest BCUT2D eigenvalue weighted by Gasteiger charge is -2.09. The highest BCUT2D eigenvalue weighted by Crippen LogP contribution is 2.39. The van der Waals surface area contributed by atoms with Crippen LogP contribution in [0.5, 0.6) is 0 Å². The quantitative estimate of drug-likeness (QED) is 0.844. The van der Waals surface area contributed by atoms with Gasteiger partial charge in [-0.3, -0.25) is 4.79 Å². The molecule has 2 atom stereocenters. The van der Waals surface area contributed by atoms with Gasteiger partial charge in [0.2, 0.25) is 0 Å². The van der Waals surface area contributed by atoms with Crippen molar-refractivity contribution in [3.05, 3.63) is 10.6 Å². The maximum Gasteiger partial charge on any atom is 0.315 e. The summed E-state index contributed by atoms with van der Waals surface area (Å²) >= 11 is 1.67. The molecule has 20 heavy (non-hydrogen) atoms. The molecule has 1 saturated heterocycles. The van der Waals surface area contributed by atoms with Crippen LogP contribution in [-0.4, -0.2) is 37.3 Å². The molecule has 0 saturated carbocycles. The number of nitrogens with zero attached hydrogens (tertiary/aromatic N) is 1. The number of thiazole rings is 1. The number of rotatable bonds is 5. The zero-order valence-electron chi connectivity index (χ0n) is 11.7. The van der Waals surface area contributed by atoms with E-state index >= 15 is 0 Å². The Hall–Kier alpha value is -1.14. The normalized spacial score (nSPS) is 24.6. The molecule has 2 unspecified atom stereocenters. The first kappa shape index (κ1) is 13.8. The lowest BCUT2D eigenvalue weighted by atomic mass is 10.1. The van der Waals surface area contributed by atoms with Crippen molar-refractivity contribution in [3.63, 3.8) is 0 Å². The van der Waals surface area contributed by atoms with Crippen LogP contribution in [0.1, 0.15) is 36.3 Å². The number of nitrogens with one attached hydrogen (secondary N) is 1. The summed E-state index contributed by atoms with van der Waals surface area (Å²) in [7, 11) is 0. The summed E-state index contributed by atoms with van der Waals surface area (Å²) in [5.74, 6) is 0.286. The van der Waals surface area contributed by atoms with Gasteiger partial charge < -0.3 is 14.8 Å². The monoisotopic (exact) mass is 296 g/mol. The maximum absolute atomic E-state index is 11.9. The maximum atomic E-state index is 11.9. The number of carbonyl (C=O) groups excluding carboxylic acids is 1. The van der Waals surface area contributed by atoms with E-state index in [1.807, 2.05) is 6.92 Å². The van der Waals surface area contributed by atoms with Gasteiger partial charge in [-0.25, -0.2) is 4.98 Å². The van der Waals surface area contributed by atoms with Crippen molar-refractivity contribution in [2.24, 2.45) is 5.92 Å². The van der Waals surface area contributed by atoms with Crippen LogP contribution in [0.3, 0.4) is 0 Å². The van der Waals surface area contributed by atoms with Gasteiger partial charge in [-0.05, 0) is 26.2 Å². The molecule has 0 spiro atoms. The lowest BCUT2D eigenvalue weighted by Crippen LogP contribution is -2.15. The molecule has 3 rings (SSSR count). The van der Waals surface area contributed by atoms with Crippen molar-refractivity contribution in [2.45, 2.75) is 32.1 Å². The van der Waals surface area contributed by atoms with Crippen LogP contribution < -0.4 is 5.32 Å². The highest BCUT2D eigenvalue weighted by molar-refractivity contribution is 7.15. The van der Waals surface area contributed by atoms with E-state index in [4.69, 9.17) is 9.47 Å². The van der Waals surface area contributed by atoms with E-state index in [0.29, 0.717) is 12.5 Å². The minimum absolute atomic E-state index is 0.132. The van der Waals surface area contributed by atoms with E-state index in [9.17, 15) is 4.79 Å². The Morgan fingerprint density at radius 3 is 3.20 bits per heavy atom. The Morgan fingerprint density at radius 1 is 1.55 bits per heavy atom. The second-order valence-corrected chi connectivity index (χ2v) is 6.36. The predicted octanol–water partition coefficient (Wildman–Crippen LogP) is 2.18. The molecule has 1 aromatic heterocycles. The highest BCUT2D eigenvalue weighted by Gasteiger charge is 2.33. The first-order valence-electron chi connectivity index (χ1n) is 7.25. The van der Waals surface area contributed by atoms with Crippen LogP contribution in [0, 0.1) is 5.92 Å². The van der Waals surface area contributed by atoms with Crippen molar-refractivity contribution in [3.8, 4) is 0 Å². The molecule has 2 heterocycles. The molecule has 5 nitrogen and oxygen atoms in total. The van der Waals surface area contributed by atoms with Crippen LogP contribution in [0.25, 0.3) is 0 Å². The smallest absolute Gasteiger partial charge is 0.315 e.